The van der Waals surface area contributed by atoms with E-state index in [-0.39, 0.29) is 17.9 Å². The molecule has 122 valence electrons. The standard InChI is InChI=1S/C12H14FNO.C2H6.C2H2.CH3NO/c1-9-4-5-10(11(13)8-9)12(15)14-6-2-3-7-14;2*1-2;2-1-3/h4-5,8H,2-3,6-7H2,1H3;1-2H3;1-2H;1H,(H2,2,3). The van der Waals surface area contributed by atoms with Gasteiger partial charge in [0.2, 0.25) is 6.41 Å². The highest BCUT2D eigenvalue weighted by Gasteiger charge is 2.21. The molecular formula is C17H25FN2O2. The number of nitrogens with two attached hydrogens (primary N) is 1. The van der Waals surface area contributed by atoms with E-state index >= 15 is 0 Å². The second kappa shape index (κ2) is 13.6. The van der Waals surface area contributed by atoms with E-state index in [1.54, 1.807) is 17.0 Å². The summed E-state index contributed by atoms with van der Waals surface area (Å²) >= 11 is 0. The average Bonchev–Trinajstić information content (AvgIpc) is 3.06. The Kier molecular flexibility index (Phi) is 13.6. The summed E-state index contributed by atoms with van der Waals surface area (Å²) in [5.74, 6) is -0.586. The SMILES string of the molecule is C#C.CC.Cc1ccc(C(=O)N2CCCC2)c(F)c1.NC=O. The molecule has 0 atom stereocenters. The molecule has 1 aromatic carbocycles. The maximum Gasteiger partial charge on any atom is 0.256 e. The van der Waals surface area contributed by atoms with Crippen LogP contribution < -0.4 is 5.73 Å². The van der Waals surface area contributed by atoms with Gasteiger partial charge >= 0.3 is 0 Å². The molecule has 0 aromatic heterocycles. The molecule has 1 aliphatic heterocycles. The lowest BCUT2D eigenvalue weighted by atomic mass is 10.1. The Morgan fingerprint density at radius 1 is 1.27 bits per heavy atom. The van der Waals surface area contributed by atoms with E-state index in [2.05, 4.69) is 18.6 Å². The summed E-state index contributed by atoms with van der Waals surface area (Å²) in [5.41, 5.74) is 5.20. The number of nitrogens with zero attached hydrogens (tertiary/aromatic N) is 1. The molecule has 1 aliphatic rings. The smallest absolute Gasteiger partial charge is 0.256 e. The number of terminal acetylenes is 1. The van der Waals surface area contributed by atoms with Crippen molar-refractivity contribution in [2.24, 2.45) is 5.73 Å². The Bertz CT molecular complexity index is 467. The molecule has 0 aliphatic carbocycles. The van der Waals surface area contributed by atoms with Crippen molar-refractivity contribution in [2.75, 3.05) is 13.1 Å². The highest BCUT2D eigenvalue weighted by molar-refractivity contribution is 5.94. The summed E-state index contributed by atoms with van der Waals surface area (Å²) in [6.45, 7) is 7.32. The fourth-order valence-electron chi connectivity index (χ4n) is 1.88. The van der Waals surface area contributed by atoms with Gasteiger partial charge in [0, 0.05) is 13.1 Å². The van der Waals surface area contributed by atoms with Gasteiger partial charge in [-0.05, 0) is 37.5 Å². The lowest BCUT2D eigenvalue weighted by molar-refractivity contribution is -0.106. The normalized spacial score (nSPS) is 11.6. The monoisotopic (exact) mass is 308 g/mol. The molecule has 22 heavy (non-hydrogen) atoms. The van der Waals surface area contributed by atoms with Gasteiger partial charge in [-0.25, -0.2) is 4.39 Å². The van der Waals surface area contributed by atoms with Crippen LogP contribution >= 0.6 is 0 Å². The minimum Gasteiger partial charge on any atom is -0.372 e. The van der Waals surface area contributed by atoms with Gasteiger partial charge in [-0.3, -0.25) is 9.59 Å². The van der Waals surface area contributed by atoms with E-state index in [4.69, 9.17) is 4.79 Å². The van der Waals surface area contributed by atoms with Gasteiger partial charge in [-0.15, -0.1) is 12.8 Å². The van der Waals surface area contributed by atoms with Gasteiger partial charge in [0.15, 0.2) is 0 Å². The minimum absolute atomic E-state index is 0.176. The zero-order valence-electron chi connectivity index (χ0n) is 13.5. The van der Waals surface area contributed by atoms with Crippen molar-refractivity contribution < 1.29 is 14.0 Å². The number of carbonyl (C=O) groups excluding carboxylic acids is 2. The van der Waals surface area contributed by atoms with Crippen LogP contribution in [0.1, 0.15) is 42.6 Å². The van der Waals surface area contributed by atoms with Crippen molar-refractivity contribution in [1.82, 2.24) is 4.90 Å². The van der Waals surface area contributed by atoms with Gasteiger partial charge in [-0.2, -0.15) is 0 Å². The molecular weight excluding hydrogens is 283 g/mol. The Balaban J connectivity index is 0. The van der Waals surface area contributed by atoms with Crippen LogP contribution in [-0.4, -0.2) is 30.3 Å². The molecule has 1 fully saturated rings. The van der Waals surface area contributed by atoms with Crippen LogP contribution in [0.5, 0.6) is 0 Å². The summed E-state index contributed by atoms with van der Waals surface area (Å²) < 4.78 is 13.5. The molecule has 0 bridgehead atoms. The lowest BCUT2D eigenvalue weighted by Gasteiger charge is -2.15. The van der Waals surface area contributed by atoms with E-state index in [1.807, 2.05) is 20.8 Å². The first kappa shape index (κ1) is 21.9. The van der Waals surface area contributed by atoms with Crippen LogP contribution in [0.4, 0.5) is 4.39 Å². The van der Waals surface area contributed by atoms with Crippen LogP contribution in [-0.2, 0) is 4.79 Å². The maximum absolute atomic E-state index is 13.5. The van der Waals surface area contributed by atoms with E-state index < -0.39 is 5.82 Å². The van der Waals surface area contributed by atoms with Gasteiger partial charge in [0.25, 0.3) is 5.91 Å². The summed E-state index contributed by atoms with van der Waals surface area (Å²) in [4.78, 5) is 22.2. The summed E-state index contributed by atoms with van der Waals surface area (Å²) in [6.07, 6.45) is 10.3. The summed E-state index contributed by atoms with van der Waals surface area (Å²) in [5, 5.41) is 0. The predicted molar refractivity (Wildman–Crippen MR) is 87.8 cm³/mol. The number of halogens is 1. The predicted octanol–water partition coefficient (Wildman–Crippen LogP) is 2.75. The molecule has 0 unspecified atom stereocenters. The first-order valence-corrected chi connectivity index (χ1v) is 7.14. The van der Waals surface area contributed by atoms with Crippen LogP contribution in [0.15, 0.2) is 18.2 Å². The fraction of sp³-hybridized carbons (Fsp3) is 0.412. The zero-order chi connectivity index (χ0) is 17.5. The number of rotatable bonds is 1. The fourth-order valence-corrected chi connectivity index (χ4v) is 1.88. The first-order valence-electron chi connectivity index (χ1n) is 7.14. The topological polar surface area (TPSA) is 63.4 Å². The Morgan fingerprint density at radius 3 is 2.14 bits per heavy atom. The van der Waals surface area contributed by atoms with Crippen LogP contribution in [0.25, 0.3) is 0 Å². The molecule has 1 saturated heterocycles. The van der Waals surface area contributed by atoms with Crippen LogP contribution in [0.2, 0.25) is 0 Å². The number of likely N-dealkylation sites (tertiary alicyclic amines) is 1. The van der Waals surface area contributed by atoms with E-state index in [0.717, 1.165) is 31.5 Å². The van der Waals surface area contributed by atoms with E-state index in [1.165, 1.54) is 6.07 Å². The largest absolute Gasteiger partial charge is 0.372 e. The summed E-state index contributed by atoms with van der Waals surface area (Å²) in [7, 11) is 0. The molecule has 0 saturated carbocycles. The van der Waals surface area contributed by atoms with E-state index in [9.17, 15) is 9.18 Å². The maximum atomic E-state index is 13.5. The second-order valence-electron chi connectivity index (χ2n) is 4.12. The number of benzene rings is 1. The zero-order valence-corrected chi connectivity index (χ0v) is 13.5. The quantitative estimate of drug-likeness (QED) is 0.640. The third-order valence-corrected chi connectivity index (χ3v) is 2.75. The number of aryl methyl sites for hydroxylation is 1. The molecule has 4 nitrogen and oxygen atoms in total. The van der Waals surface area contributed by atoms with Crippen molar-refractivity contribution in [1.29, 1.82) is 0 Å². The number of hydrogen-bond acceptors (Lipinski definition) is 2. The first-order chi connectivity index (χ1) is 10.6. The molecule has 2 N–H and O–H groups in total. The van der Waals surface area contributed by atoms with E-state index in [0.29, 0.717) is 0 Å². The van der Waals surface area contributed by atoms with Crippen molar-refractivity contribution in [3.8, 4) is 12.8 Å². The van der Waals surface area contributed by atoms with Gasteiger partial charge < -0.3 is 10.6 Å². The Labute approximate surface area is 132 Å². The Hall–Kier alpha value is -2.35. The van der Waals surface area contributed by atoms with Gasteiger partial charge in [-0.1, -0.05) is 19.9 Å². The highest BCUT2D eigenvalue weighted by atomic mass is 19.1. The van der Waals surface area contributed by atoms with Crippen LogP contribution in [0, 0.1) is 25.6 Å². The molecule has 2 rings (SSSR count). The van der Waals surface area contributed by atoms with Crippen molar-refractivity contribution in [3.05, 3.63) is 35.1 Å². The van der Waals surface area contributed by atoms with Crippen molar-refractivity contribution in [2.45, 2.75) is 33.6 Å². The average molecular weight is 308 g/mol. The molecule has 0 radical (unpaired) electrons. The van der Waals surface area contributed by atoms with Crippen LogP contribution in [0.3, 0.4) is 0 Å². The van der Waals surface area contributed by atoms with Gasteiger partial charge in [0.05, 0.1) is 5.56 Å². The second-order valence-corrected chi connectivity index (χ2v) is 4.12. The third-order valence-electron chi connectivity index (χ3n) is 2.75. The number of amides is 2. The number of primary amides is 1. The molecule has 1 heterocycles. The highest BCUT2D eigenvalue weighted by Crippen LogP contribution is 2.16. The minimum atomic E-state index is -0.410. The van der Waals surface area contributed by atoms with Gasteiger partial charge in [0.1, 0.15) is 5.82 Å². The lowest BCUT2D eigenvalue weighted by Crippen LogP contribution is -2.28. The third kappa shape index (κ3) is 7.44. The molecule has 2 amide bonds. The van der Waals surface area contributed by atoms with Crippen molar-refractivity contribution in [3.63, 3.8) is 0 Å². The molecule has 5 heteroatoms. The number of hydrogen-bond donors (Lipinski definition) is 1. The van der Waals surface area contributed by atoms with Crippen molar-refractivity contribution >= 4 is 12.3 Å². The molecule has 0 spiro atoms. The Morgan fingerprint density at radius 2 is 1.73 bits per heavy atom. The molecule has 1 aromatic rings. The number of carbonyl (C=O) groups is 2. The summed E-state index contributed by atoms with van der Waals surface area (Å²) in [6, 6.07) is 4.75.